The Balaban J connectivity index is 1.10. The molecule has 1 amide bonds. The molecule has 5 saturated carbocycles. The molecule has 6 fully saturated rings. The van der Waals surface area contributed by atoms with Crippen LogP contribution < -0.4 is 0 Å². The highest BCUT2D eigenvalue weighted by Crippen LogP contribution is 2.78. The second-order valence-electron chi connectivity index (χ2n) is 20.0. The molecule has 2 heterocycles. The van der Waals surface area contributed by atoms with Gasteiger partial charge >= 0.3 is 5.97 Å². The zero-order chi connectivity index (χ0) is 36.1. The zero-order valence-electron chi connectivity index (χ0n) is 32.9. The van der Waals surface area contributed by atoms with Gasteiger partial charge in [0.05, 0.1) is 23.3 Å². The first-order chi connectivity index (χ1) is 24.2. The lowest BCUT2D eigenvalue weighted by atomic mass is 9.32. The smallest absolute Gasteiger partial charge is 0.302 e. The van der Waals surface area contributed by atoms with E-state index in [0.717, 1.165) is 68.6 Å². The number of aromatic nitrogens is 2. The summed E-state index contributed by atoms with van der Waals surface area (Å²) >= 11 is 0. The number of carbonyl (C=O) groups is 2. The van der Waals surface area contributed by atoms with Gasteiger partial charge in [-0.3, -0.25) is 9.59 Å². The van der Waals surface area contributed by atoms with Crippen molar-refractivity contribution in [2.45, 2.75) is 145 Å². The fourth-order valence-corrected chi connectivity index (χ4v) is 15.0. The summed E-state index contributed by atoms with van der Waals surface area (Å²) in [5.74, 6) is 4.67. The van der Waals surface area contributed by atoms with Crippen molar-refractivity contribution in [3.63, 3.8) is 0 Å². The molecule has 0 bridgehead atoms. The zero-order valence-corrected chi connectivity index (χ0v) is 32.9. The van der Waals surface area contributed by atoms with Crippen LogP contribution in [-0.4, -0.2) is 39.4 Å². The summed E-state index contributed by atoms with van der Waals surface area (Å²) in [4.78, 5) is 38.4. The number of hydrogen-bond acceptors (Lipinski definition) is 4. The van der Waals surface area contributed by atoms with E-state index in [0.29, 0.717) is 41.4 Å². The lowest BCUT2D eigenvalue weighted by Crippen LogP contribution is -2.67. The van der Waals surface area contributed by atoms with E-state index in [1.54, 1.807) is 6.92 Å². The lowest BCUT2D eigenvalue weighted by Gasteiger charge is -2.73. The van der Waals surface area contributed by atoms with Gasteiger partial charge in [0.2, 0.25) is 5.91 Å². The Morgan fingerprint density at radius 3 is 2.35 bits per heavy atom. The number of ether oxygens (including phenoxy) is 1. The van der Waals surface area contributed by atoms with Crippen LogP contribution in [0.1, 0.15) is 144 Å². The molecule has 8 rings (SSSR count). The first-order valence-electron chi connectivity index (χ1n) is 20.8. The molecule has 278 valence electrons. The normalized spacial score (nSPS) is 42.8. The summed E-state index contributed by atoms with van der Waals surface area (Å²) in [6.45, 7) is 20.1. The minimum atomic E-state index is -0.259. The van der Waals surface area contributed by atoms with Gasteiger partial charge in [-0.25, -0.2) is 4.98 Å². The van der Waals surface area contributed by atoms with Gasteiger partial charge in [0.25, 0.3) is 0 Å². The molecule has 6 aliphatic rings. The molecule has 1 aromatic heterocycles. The van der Waals surface area contributed by atoms with E-state index >= 15 is 4.79 Å². The summed E-state index contributed by atoms with van der Waals surface area (Å²) in [5, 5.41) is 0. The highest BCUT2D eigenvalue weighted by Gasteiger charge is 2.72. The first kappa shape index (κ1) is 35.4. The fraction of sp³-hybridized carbons (Fsp3) is 0.756. The summed E-state index contributed by atoms with van der Waals surface area (Å²) in [6.07, 6.45) is 15.5. The van der Waals surface area contributed by atoms with Crippen molar-refractivity contribution in [1.29, 1.82) is 0 Å². The van der Waals surface area contributed by atoms with Crippen molar-refractivity contribution in [3.8, 4) is 11.3 Å². The van der Waals surface area contributed by atoms with Gasteiger partial charge < -0.3 is 14.6 Å². The second kappa shape index (κ2) is 12.2. The molecule has 0 spiro atoms. The largest absolute Gasteiger partial charge is 0.462 e. The predicted molar refractivity (Wildman–Crippen MR) is 202 cm³/mol. The van der Waals surface area contributed by atoms with Crippen molar-refractivity contribution < 1.29 is 14.3 Å². The third-order valence-corrected chi connectivity index (χ3v) is 17.5. The average Bonchev–Trinajstić information content (AvgIpc) is 3.85. The van der Waals surface area contributed by atoms with Gasteiger partial charge in [-0.05, 0) is 134 Å². The Kier molecular flexibility index (Phi) is 8.47. The number of benzene rings is 1. The van der Waals surface area contributed by atoms with Crippen LogP contribution in [0.15, 0.2) is 36.5 Å². The number of rotatable bonds is 5. The molecule has 1 saturated heterocycles. The van der Waals surface area contributed by atoms with Gasteiger partial charge in [-0.2, -0.15) is 0 Å². The average molecular weight is 696 g/mol. The molecule has 6 nitrogen and oxygen atoms in total. The van der Waals surface area contributed by atoms with Crippen molar-refractivity contribution in [2.24, 2.45) is 62.6 Å². The molecule has 11 unspecified atom stereocenters. The quantitative estimate of drug-likeness (QED) is 0.316. The number of amides is 1. The summed E-state index contributed by atoms with van der Waals surface area (Å²) in [6, 6.07) is 10.5. The Bertz CT molecular complexity index is 1650. The number of carbonyl (C=O) groups excluding carboxylic acids is 2. The van der Waals surface area contributed by atoms with E-state index in [2.05, 4.69) is 82.6 Å². The van der Waals surface area contributed by atoms with Crippen LogP contribution in [0.25, 0.3) is 11.3 Å². The van der Waals surface area contributed by atoms with E-state index in [4.69, 9.17) is 9.72 Å². The van der Waals surface area contributed by atoms with Crippen LogP contribution in [0, 0.1) is 62.6 Å². The number of esters is 1. The second-order valence-corrected chi connectivity index (χ2v) is 20.0. The Morgan fingerprint density at radius 2 is 1.63 bits per heavy atom. The van der Waals surface area contributed by atoms with Crippen molar-refractivity contribution >= 4 is 11.9 Å². The highest BCUT2D eigenvalue weighted by molar-refractivity contribution is 5.84. The molecule has 1 N–H and O–H groups in total. The molecule has 5 aliphatic carbocycles. The molecule has 1 aromatic carbocycles. The SMILES string of the molecule is CC(=O)OC1CCC2(C)C(CCC3(C)C2CCC2C4C(C(C)C)CCC4(C(=O)N4CCCC4c4ncc(-c5ccccc5)[nH]4)CCC23C)C1(C)C. The summed E-state index contributed by atoms with van der Waals surface area (Å²) in [7, 11) is 0. The number of aromatic amines is 1. The summed E-state index contributed by atoms with van der Waals surface area (Å²) in [5.41, 5.74) is 2.58. The maximum Gasteiger partial charge on any atom is 0.302 e. The van der Waals surface area contributed by atoms with Crippen LogP contribution in [-0.2, 0) is 14.3 Å². The Labute approximate surface area is 307 Å². The number of H-pyrrole nitrogens is 1. The van der Waals surface area contributed by atoms with E-state index < -0.39 is 0 Å². The highest BCUT2D eigenvalue weighted by atomic mass is 16.5. The van der Waals surface area contributed by atoms with Crippen LogP contribution in [0.3, 0.4) is 0 Å². The van der Waals surface area contributed by atoms with Crippen LogP contribution in [0.2, 0.25) is 0 Å². The number of nitrogens with one attached hydrogen (secondary N) is 1. The van der Waals surface area contributed by atoms with Crippen molar-refractivity contribution in [1.82, 2.24) is 14.9 Å². The van der Waals surface area contributed by atoms with Crippen LogP contribution >= 0.6 is 0 Å². The van der Waals surface area contributed by atoms with Gasteiger partial charge in [-0.15, -0.1) is 0 Å². The molecule has 51 heavy (non-hydrogen) atoms. The molecule has 2 aromatic rings. The number of nitrogens with zero attached hydrogens (tertiary/aromatic N) is 2. The van der Waals surface area contributed by atoms with Gasteiger partial charge in [0, 0.05) is 18.9 Å². The maximum atomic E-state index is 15.4. The maximum absolute atomic E-state index is 15.4. The third-order valence-electron chi connectivity index (χ3n) is 17.5. The molecule has 0 radical (unpaired) electrons. The van der Waals surface area contributed by atoms with Crippen LogP contribution in [0.4, 0.5) is 0 Å². The fourth-order valence-electron chi connectivity index (χ4n) is 15.0. The number of fused-ring (bicyclic) bond motifs is 7. The topological polar surface area (TPSA) is 75.3 Å². The predicted octanol–water partition coefficient (Wildman–Crippen LogP) is 10.4. The van der Waals surface area contributed by atoms with E-state index in [1.807, 2.05) is 12.3 Å². The van der Waals surface area contributed by atoms with E-state index in [1.165, 1.54) is 32.1 Å². The monoisotopic (exact) mass is 696 g/mol. The number of imidazole rings is 1. The van der Waals surface area contributed by atoms with Gasteiger partial charge in [0.1, 0.15) is 11.9 Å². The van der Waals surface area contributed by atoms with E-state index in [-0.39, 0.29) is 45.2 Å². The first-order valence-corrected chi connectivity index (χ1v) is 20.8. The molecule has 1 aliphatic heterocycles. The minimum absolute atomic E-state index is 0.0106. The van der Waals surface area contributed by atoms with Gasteiger partial charge in [0.15, 0.2) is 0 Å². The van der Waals surface area contributed by atoms with Crippen molar-refractivity contribution in [3.05, 3.63) is 42.4 Å². The van der Waals surface area contributed by atoms with Crippen molar-refractivity contribution in [2.75, 3.05) is 6.54 Å². The third kappa shape index (κ3) is 5.02. The molecule has 6 heteroatoms. The van der Waals surface area contributed by atoms with E-state index in [9.17, 15) is 4.79 Å². The number of hydrogen-bond donors (Lipinski definition) is 1. The Morgan fingerprint density at radius 1 is 0.863 bits per heavy atom. The molecule has 11 atom stereocenters. The lowest BCUT2D eigenvalue weighted by molar-refractivity contribution is -0.251. The molecular formula is C45H65N3O3. The number of likely N-dealkylation sites (tertiary alicyclic amines) is 1. The molecular weight excluding hydrogens is 631 g/mol. The standard InChI is InChI=1S/C45H65N3O3/c1-28(2)31-18-23-45(40(50)48-26-12-15-34(48)39-46-27-33(47-39)30-13-10-9-11-14-30)25-24-43(7)32(38(31)45)16-17-36-42(6)21-20-37(51-29(3)49)41(4,5)35(42)19-22-44(36,43)8/h9-11,13-14,27-28,31-32,34-38H,12,15-26H2,1-8H3,(H,46,47). The Hall–Kier alpha value is -2.63. The van der Waals surface area contributed by atoms with Gasteiger partial charge in [-0.1, -0.05) is 78.8 Å². The summed E-state index contributed by atoms with van der Waals surface area (Å²) < 4.78 is 6.00. The van der Waals surface area contributed by atoms with Crippen LogP contribution in [0.5, 0.6) is 0 Å². The minimum Gasteiger partial charge on any atom is -0.462 e.